The molecule has 0 aliphatic carbocycles. The Labute approximate surface area is 132 Å². The fourth-order valence-electron chi connectivity index (χ4n) is 1.62. The van der Waals surface area contributed by atoms with Gasteiger partial charge in [-0.1, -0.05) is 17.7 Å². The van der Waals surface area contributed by atoms with E-state index in [1.165, 1.54) is 36.4 Å². The largest absolute Gasteiger partial charge is 0.478 e. The van der Waals surface area contributed by atoms with E-state index in [2.05, 4.69) is 21.2 Å². The third kappa shape index (κ3) is 3.40. The second-order valence-corrected chi connectivity index (χ2v) is 5.26. The van der Waals surface area contributed by atoms with E-state index in [0.717, 1.165) is 0 Å². The Morgan fingerprint density at radius 2 is 1.95 bits per heavy atom. The first-order chi connectivity index (χ1) is 9.90. The number of hydrogen-bond donors (Lipinski definition) is 2. The molecular weight excluding hydrogens is 365 g/mol. The topological polar surface area (TPSA) is 66.4 Å². The van der Waals surface area contributed by atoms with Crippen molar-refractivity contribution in [3.63, 3.8) is 0 Å². The minimum Gasteiger partial charge on any atom is -0.478 e. The minimum absolute atomic E-state index is 0.00457. The monoisotopic (exact) mass is 371 g/mol. The molecule has 0 saturated heterocycles. The van der Waals surface area contributed by atoms with Crippen molar-refractivity contribution in [2.45, 2.75) is 0 Å². The quantitative estimate of drug-likeness (QED) is 0.849. The van der Waals surface area contributed by atoms with Gasteiger partial charge in [0, 0.05) is 0 Å². The van der Waals surface area contributed by atoms with Gasteiger partial charge in [0.25, 0.3) is 5.91 Å². The van der Waals surface area contributed by atoms with E-state index in [-0.39, 0.29) is 26.3 Å². The Bertz CT molecular complexity index is 736. The number of amides is 1. The number of anilines is 1. The van der Waals surface area contributed by atoms with Gasteiger partial charge in [0.15, 0.2) is 0 Å². The summed E-state index contributed by atoms with van der Waals surface area (Å²) in [5.41, 5.74) is 0.348. The average molecular weight is 373 g/mol. The Morgan fingerprint density at radius 1 is 1.24 bits per heavy atom. The van der Waals surface area contributed by atoms with Crippen molar-refractivity contribution in [2.24, 2.45) is 0 Å². The number of carbonyl (C=O) groups excluding carboxylic acids is 1. The molecule has 0 aromatic heterocycles. The number of nitrogens with one attached hydrogen (secondary N) is 1. The van der Waals surface area contributed by atoms with Crippen LogP contribution in [0.3, 0.4) is 0 Å². The lowest BCUT2D eigenvalue weighted by atomic mass is 10.1. The molecule has 0 heterocycles. The number of carboxylic acids is 1. The van der Waals surface area contributed by atoms with Crippen molar-refractivity contribution in [1.29, 1.82) is 0 Å². The highest BCUT2D eigenvalue weighted by molar-refractivity contribution is 9.10. The molecule has 0 unspecified atom stereocenters. The number of hydrogen-bond acceptors (Lipinski definition) is 2. The molecule has 108 valence electrons. The van der Waals surface area contributed by atoms with Crippen molar-refractivity contribution in [3.05, 3.63) is 62.8 Å². The molecule has 1 amide bonds. The maximum absolute atomic E-state index is 13.4. The molecule has 2 rings (SSSR count). The molecule has 21 heavy (non-hydrogen) atoms. The van der Waals surface area contributed by atoms with Gasteiger partial charge in [0.1, 0.15) is 5.82 Å². The number of carbonyl (C=O) groups is 2. The van der Waals surface area contributed by atoms with Crippen molar-refractivity contribution in [1.82, 2.24) is 0 Å². The van der Waals surface area contributed by atoms with Gasteiger partial charge in [-0.3, -0.25) is 4.79 Å². The summed E-state index contributed by atoms with van der Waals surface area (Å²) in [7, 11) is 0. The van der Waals surface area contributed by atoms with E-state index in [9.17, 15) is 14.0 Å². The molecule has 2 N–H and O–H groups in total. The lowest BCUT2D eigenvalue weighted by Gasteiger charge is -2.09. The first-order valence-electron chi connectivity index (χ1n) is 5.68. The van der Waals surface area contributed by atoms with Gasteiger partial charge in [0.05, 0.1) is 26.3 Å². The van der Waals surface area contributed by atoms with Crippen LogP contribution in [-0.2, 0) is 0 Å². The highest BCUT2D eigenvalue weighted by atomic mass is 79.9. The molecule has 0 spiro atoms. The smallest absolute Gasteiger partial charge is 0.335 e. The van der Waals surface area contributed by atoms with Gasteiger partial charge in [-0.15, -0.1) is 0 Å². The van der Waals surface area contributed by atoms with Crippen LogP contribution in [-0.4, -0.2) is 17.0 Å². The number of rotatable bonds is 3. The van der Waals surface area contributed by atoms with Crippen LogP contribution in [0.5, 0.6) is 0 Å². The molecule has 2 aromatic carbocycles. The summed E-state index contributed by atoms with van der Waals surface area (Å²) in [5, 5.41) is 11.4. The van der Waals surface area contributed by atoms with E-state index in [4.69, 9.17) is 16.7 Å². The molecule has 0 radical (unpaired) electrons. The molecular formula is C14H8BrClFNO3. The van der Waals surface area contributed by atoms with Crippen LogP contribution < -0.4 is 5.32 Å². The lowest BCUT2D eigenvalue weighted by Crippen LogP contribution is -2.13. The van der Waals surface area contributed by atoms with E-state index < -0.39 is 17.7 Å². The molecule has 0 fully saturated rings. The van der Waals surface area contributed by atoms with E-state index in [1.54, 1.807) is 0 Å². The molecule has 4 nitrogen and oxygen atoms in total. The summed E-state index contributed by atoms with van der Waals surface area (Å²) in [6, 6.07) is 7.98. The fraction of sp³-hybridized carbons (Fsp3) is 0. The summed E-state index contributed by atoms with van der Waals surface area (Å²) >= 11 is 8.91. The zero-order chi connectivity index (χ0) is 15.6. The van der Waals surface area contributed by atoms with E-state index in [1.807, 2.05) is 0 Å². The molecule has 7 heteroatoms. The zero-order valence-corrected chi connectivity index (χ0v) is 12.7. The number of benzene rings is 2. The maximum Gasteiger partial charge on any atom is 0.335 e. The Kier molecular flexibility index (Phi) is 4.59. The first-order valence-corrected chi connectivity index (χ1v) is 6.85. The number of carboxylic acid groups (broad SMARTS) is 1. The summed E-state index contributed by atoms with van der Waals surface area (Å²) in [6.07, 6.45) is 0. The van der Waals surface area contributed by atoms with Gasteiger partial charge in [-0.05, 0) is 46.3 Å². The molecule has 0 aliphatic rings. The van der Waals surface area contributed by atoms with Crippen LogP contribution in [0.25, 0.3) is 0 Å². The molecule has 0 atom stereocenters. The highest BCUT2D eigenvalue weighted by Crippen LogP contribution is 2.26. The predicted molar refractivity (Wildman–Crippen MR) is 80.5 cm³/mol. The number of halogens is 3. The second kappa shape index (κ2) is 6.24. The molecule has 2 aromatic rings. The van der Waals surface area contributed by atoms with Crippen LogP contribution in [0.1, 0.15) is 20.7 Å². The van der Waals surface area contributed by atoms with Crippen LogP contribution >= 0.6 is 27.5 Å². The standard InChI is InChI=1S/C14H8BrClFNO3/c15-12-8(2-1-3-10(12)17)13(19)18-11-5-4-7(14(20)21)6-9(11)16/h1-6H,(H,18,19)(H,20,21). The maximum atomic E-state index is 13.4. The summed E-state index contributed by atoms with van der Waals surface area (Å²) in [6.45, 7) is 0. The van der Waals surface area contributed by atoms with E-state index in [0.29, 0.717) is 0 Å². The fourth-order valence-corrected chi connectivity index (χ4v) is 2.29. The first kappa shape index (κ1) is 15.5. The Morgan fingerprint density at radius 3 is 2.57 bits per heavy atom. The van der Waals surface area contributed by atoms with Crippen LogP contribution in [0.4, 0.5) is 10.1 Å². The minimum atomic E-state index is -1.12. The summed E-state index contributed by atoms with van der Waals surface area (Å²) in [5.74, 6) is -2.25. The third-order valence-corrected chi connectivity index (χ3v) is 3.78. The van der Waals surface area contributed by atoms with Gasteiger partial charge >= 0.3 is 5.97 Å². The Hall–Kier alpha value is -1.92. The van der Waals surface area contributed by atoms with Gasteiger partial charge in [-0.25, -0.2) is 9.18 Å². The Balaban J connectivity index is 2.28. The second-order valence-electron chi connectivity index (χ2n) is 4.06. The van der Waals surface area contributed by atoms with Crippen molar-refractivity contribution >= 4 is 45.1 Å². The van der Waals surface area contributed by atoms with E-state index >= 15 is 0 Å². The highest BCUT2D eigenvalue weighted by Gasteiger charge is 2.15. The van der Waals surface area contributed by atoms with Gasteiger partial charge in [0.2, 0.25) is 0 Å². The van der Waals surface area contributed by atoms with Crippen molar-refractivity contribution in [3.8, 4) is 0 Å². The zero-order valence-electron chi connectivity index (χ0n) is 10.4. The van der Waals surface area contributed by atoms with Crippen LogP contribution in [0, 0.1) is 5.82 Å². The lowest BCUT2D eigenvalue weighted by molar-refractivity contribution is 0.0696. The van der Waals surface area contributed by atoms with Crippen LogP contribution in [0.15, 0.2) is 40.9 Å². The SMILES string of the molecule is O=C(O)c1ccc(NC(=O)c2cccc(F)c2Br)c(Cl)c1. The van der Waals surface area contributed by atoms with Crippen molar-refractivity contribution < 1.29 is 19.1 Å². The normalized spacial score (nSPS) is 10.2. The van der Waals surface area contributed by atoms with Gasteiger partial charge in [-0.2, -0.15) is 0 Å². The average Bonchev–Trinajstić information content (AvgIpc) is 2.43. The predicted octanol–water partition coefficient (Wildman–Crippen LogP) is 4.19. The van der Waals surface area contributed by atoms with Crippen LogP contribution in [0.2, 0.25) is 5.02 Å². The number of aromatic carboxylic acids is 1. The molecule has 0 saturated carbocycles. The summed E-state index contributed by atoms with van der Waals surface area (Å²) in [4.78, 5) is 22.9. The molecule has 0 bridgehead atoms. The third-order valence-electron chi connectivity index (χ3n) is 2.66. The van der Waals surface area contributed by atoms with Gasteiger partial charge < -0.3 is 10.4 Å². The van der Waals surface area contributed by atoms with Crippen molar-refractivity contribution in [2.75, 3.05) is 5.32 Å². The molecule has 0 aliphatic heterocycles. The summed E-state index contributed by atoms with van der Waals surface area (Å²) < 4.78 is 13.4.